The molecule has 0 N–H and O–H groups in total. The Labute approximate surface area is 223 Å². The van der Waals surface area contributed by atoms with Crippen molar-refractivity contribution < 1.29 is 24.2 Å². The number of fused-ring (bicyclic) bond motifs is 7. The summed E-state index contributed by atoms with van der Waals surface area (Å²) in [4.78, 5) is 48.4. The van der Waals surface area contributed by atoms with Crippen LogP contribution in [0.3, 0.4) is 0 Å². The van der Waals surface area contributed by atoms with Crippen LogP contribution >= 0.6 is 0 Å². The fraction of sp³-hybridized carbons (Fsp3) is 0.844. The van der Waals surface area contributed by atoms with Crippen molar-refractivity contribution >= 4 is 17.7 Å². The standard InChI is InChI=1S/C32H48O5/c1-19(2)25-22(34)18-32(27(35)37-36-20(3)33)17-16-30(7)21(26(25)32)10-11-24-29(6)14-9-13-28(4,5)23(29)12-15-31(24,30)8/h19,21,23-24H,9-18H2,1-8H3/t21-,23+,24-,29+,30-,31-,32-/m1/s1. The topological polar surface area (TPSA) is 69.7 Å². The van der Waals surface area contributed by atoms with Crippen molar-refractivity contribution in [2.45, 2.75) is 120 Å². The van der Waals surface area contributed by atoms with E-state index in [1.54, 1.807) is 0 Å². The Kier molecular flexibility index (Phi) is 6.13. The van der Waals surface area contributed by atoms with Gasteiger partial charge in [-0.2, -0.15) is 0 Å². The SMILES string of the molecule is CC(=O)OOC(=O)[C@@]12CC[C@]3(C)[C@H](CC[C@@H]4[C@@]5(C)CCCC(C)(C)[C@@H]5CC[C@]43C)C1=C(C(C)C)C(=O)C2. The van der Waals surface area contributed by atoms with Crippen LogP contribution in [-0.4, -0.2) is 17.7 Å². The summed E-state index contributed by atoms with van der Waals surface area (Å²) < 4.78 is 0. The fourth-order valence-electron chi connectivity index (χ4n) is 11.1. The maximum atomic E-state index is 13.6. The van der Waals surface area contributed by atoms with Crippen LogP contribution in [0, 0.1) is 50.7 Å². The zero-order valence-corrected chi connectivity index (χ0v) is 24.4. The first-order valence-corrected chi connectivity index (χ1v) is 14.8. The molecule has 0 aromatic carbocycles. The molecule has 5 heteroatoms. The van der Waals surface area contributed by atoms with Gasteiger partial charge in [0, 0.05) is 13.3 Å². The van der Waals surface area contributed by atoms with Gasteiger partial charge in [0.1, 0.15) is 5.41 Å². The average molecular weight is 513 g/mol. The Morgan fingerprint density at radius 2 is 1.54 bits per heavy atom. The normalized spacial score (nSPS) is 44.5. The van der Waals surface area contributed by atoms with Gasteiger partial charge in [0.05, 0.1) is 0 Å². The van der Waals surface area contributed by atoms with Crippen molar-refractivity contribution in [2.75, 3.05) is 0 Å². The van der Waals surface area contributed by atoms with E-state index >= 15 is 0 Å². The van der Waals surface area contributed by atoms with Crippen LogP contribution in [0.2, 0.25) is 0 Å². The van der Waals surface area contributed by atoms with Crippen LogP contribution in [-0.2, 0) is 24.2 Å². The molecule has 0 bridgehead atoms. The van der Waals surface area contributed by atoms with Crippen LogP contribution in [0.5, 0.6) is 0 Å². The minimum atomic E-state index is -0.993. The molecule has 0 radical (unpaired) electrons. The molecule has 0 aromatic heterocycles. The molecule has 0 aliphatic heterocycles. The summed E-state index contributed by atoms with van der Waals surface area (Å²) in [6.45, 7) is 18.0. The largest absolute Gasteiger partial charge is 0.366 e. The molecule has 4 saturated carbocycles. The minimum Gasteiger partial charge on any atom is -0.294 e. The second-order valence-corrected chi connectivity index (χ2v) is 15.1. The van der Waals surface area contributed by atoms with Crippen molar-refractivity contribution in [1.82, 2.24) is 0 Å². The first-order valence-electron chi connectivity index (χ1n) is 14.8. The summed E-state index contributed by atoms with van der Waals surface area (Å²) in [6, 6.07) is 0. The zero-order valence-electron chi connectivity index (χ0n) is 24.4. The molecule has 0 aromatic rings. The van der Waals surface area contributed by atoms with Gasteiger partial charge in [-0.3, -0.25) is 4.79 Å². The summed E-state index contributed by atoms with van der Waals surface area (Å²) in [7, 11) is 0. The number of Topliss-reactive ketones (excluding diaryl/α,β-unsaturated/α-hetero) is 1. The summed E-state index contributed by atoms with van der Waals surface area (Å²) in [5.74, 6) is 0.496. The van der Waals surface area contributed by atoms with Crippen molar-refractivity contribution in [3.63, 3.8) is 0 Å². The lowest BCUT2D eigenvalue weighted by atomic mass is 9.33. The molecule has 5 aliphatic rings. The second kappa shape index (κ2) is 8.42. The van der Waals surface area contributed by atoms with Gasteiger partial charge in [-0.25, -0.2) is 19.4 Å². The number of hydrogen-bond acceptors (Lipinski definition) is 5. The van der Waals surface area contributed by atoms with Crippen LogP contribution in [0.1, 0.15) is 120 Å². The molecule has 0 amide bonds. The van der Waals surface area contributed by atoms with Crippen molar-refractivity contribution in [2.24, 2.45) is 50.7 Å². The number of carbonyl (C=O) groups is 3. The third-order valence-corrected chi connectivity index (χ3v) is 12.8. The molecule has 0 unspecified atom stereocenters. The maximum Gasteiger partial charge on any atom is 0.366 e. The van der Waals surface area contributed by atoms with Gasteiger partial charge < -0.3 is 0 Å². The van der Waals surface area contributed by atoms with Crippen molar-refractivity contribution in [1.29, 1.82) is 0 Å². The van der Waals surface area contributed by atoms with E-state index in [4.69, 9.17) is 9.78 Å². The predicted octanol–water partition coefficient (Wildman–Crippen LogP) is 7.38. The average Bonchev–Trinajstić information content (AvgIpc) is 3.10. The van der Waals surface area contributed by atoms with Gasteiger partial charge in [-0.15, -0.1) is 0 Å². The molecule has 0 spiro atoms. The Morgan fingerprint density at radius 1 is 0.838 bits per heavy atom. The number of allylic oxidation sites excluding steroid dienone is 1. The number of ketones is 1. The molecular formula is C32H48O5. The Morgan fingerprint density at radius 3 is 2.19 bits per heavy atom. The van der Waals surface area contributed by atoms with Gasteiger partial charge in [0.15, 0.2) is 5.78 Å². The molecular weight excluding hydrogens is 464 g/mol. The molecule has 5 aliphatic carbocycles. The molecule has 7 atom stereocenters. The van der Waals surface area contributed by atoms with Gasteiger partial charge >= 0.3 is 11.9 Å². The molecule has 0 saturated heterocycles. The first-order chi connectivity index (χ1) is 17.1. The van der Waals surface area contributed by atoms with Gasteiger partial charge in [0.2, 0.25) is 0 Å². The zero-order chi connectivity index (χ0) is 27.2. The summed E-state index contributed by atoms with van der Waals surface area (Å²) >= 11 is 0. The second-order valence-electron chi connectivity index (χ2n) is 15.1. The minimum absolute atomic E-state index is 0.0107. The number of rotatable bonds is 2. The molecule has 5 rings (SSSR count). The molecule has 5 nitrogen and oxygen atoms in total. The summed E-state index contributed by atoms with van der Waals surface area (Å²) in [5, 5.41) is 0. The molecule has 0 heterocycles. The van der Waals surface area contributed by atoms with Crippen molar-refractivity contribution in [3.05, 3.63) is 11.1 Å². The maximum absolute atomic E-state index is 13.6. The lowest BCUT2D eigenvalue weighted by Crippen LogP contribution is -2.64. The molecule has 206 valence electrons. The van der Waals surface area contributed by atoms with E-state index in [1.165, 1.54) is 39.0 Å². The van der Waals surface area contributed by atoms with E-state index in [0.29, 0.717) is 23.2 Å². The van der Waals surface area contributed by atoms with Gasteiger partial charge in [-0.05, 0) is 108 Å². The van der Waals surface area contributed by atoms with E-state index in [-0.39, 0.29) is 34.9 Å². The van der Waals surface area contributed by atoms with Gasteiger partial charge in [-0.1, -0.05) is 54.9 Å². The van der Waals surface area contributed by atoms with Crippen LogP contribution < -0.4 is 0 Å². The third kappa shape index (κ3) is 3.50. The van der Waals surface area contributed by atoms with Crippen molar-refractivity contribution in [3.8, 4) is 0 Å². The predicted molar refractivity (Wildman–Crippen MR) is 142 cm³/mol. The summed E-state index contributed by atoms with van der Waals surface area (Å²) in [5.41, 5.74) is 1.78. The van der Waals surface area contributed by atoms with Crippen LogP contribution in [0.15, 0.2) is 11.1 Å². The smallest absolute Gasteiger partial charge is 0.294 e. The third-order valence-electron chi connectivity index (χ3n) is 12.8. The highest BCUT2D eigenvalue weighted by Gasteiger charge is 2.70. The van der Waals surface area contributed by atoms with Crippen LogP contribution in [0.25, 0.3) is 0 Å². The lowest BCUT2D eigenvalue weighted by molar-refractivity contribution is -0.267. The quantitative estimate of drug-likeness (QED) is 0.285. The molecule has 4 fully saturated rings. The van der Waals surface area contributed by atoms with E-state index in [1.807, 2.05) is 0 Å². The highest BCUT2D eigenvalue weighted by Crippen LogP contribution is 2.76. The fourth-order valence-corrected chi connectivity index (χ4v) is 11.1. The van der Waals surface area contributed by atoms with E-state index < -0.39 is 17.4 Å². The van der Waals surface area contributed by atoms with Gasteiger partial charge in [0.25, 0.3) is 0 Å². The Bertz CT molecular complexity index is 1050. The highest BCUT2D eigenvalue weighted by molar-refractivity contribution is 6.05. The highest BCUT2D eigenvalue weighted by atomic mass is 17.2. The first kappa shape index (κ1) is 26.9. The van der Waals surface area contributed by atoms with E-state index in [2.05, 4.69) is 48.5 Å². The Balaban J connectivity index is 1.59. The number of hydrogen-bond donors (Lipinski definition) is 0. The number of carbonyl (C=O) groups excluding carboxylic acids is 3. The van der Waals surface area contributed by atoms with E-state index in [0.717, 1.165) is 36.3 Å². The lowest BCUT2D eigenvalue weighted by Gasteiger charge is -2.71. The van der Waals surface area contributed by atoms with E-state index in [9.17, 15) is 14.4 Å². The summed E-state index contributed by atoms with van der Waals surface area (Å²) in [6.07, 6.45) is 10.3. The van der Waals surface area contributed by atoms with Crippen LogP contribution in [0.4, 0.5) is 0 Å². The Hall–Kier alpha value is -1.65. The monoisotopic (exact) mass is 512 g/mol. The molecule has 37 heavy (non-hydrogen) atoms.